The van der Waals surface area contributed by atoms with Crippen molar-refractivity contribution in [1.29, 1.82) is 0 Å². The van der Waals surface area contributed by atoms with Crippen LogP contribution in [0.5, 0.6) is 0 Å². The Morgan fingerprint density at radius 3 is 2.80 bits per heavy atom. The van der Waals surface area contributed by atoms with Crippen LogP contribution in [0.1, 0.15) is 18.7 Å². The molecule has 0 spiro atoms. The normalized spacial score (nSPS) is 12.7. The molecule has 0 fully saturated rings. The molecule has 0 radical (unpaired) electrons. The molecule has 1 N–H and O–H groups in total. The average Bonchev–Trinajstić information content (AvgIpc) is 2.67. The maximum Gasteiger partial charge on any atom is 0.0949 e. The molecule has 78 valence electrons. The van der Waals surface area contributed by atoms with Crippen molar-refractivity contribution in [2.75, 3.05) is 0 Å². The molecule has 5 heteroatoms. The van der Waals surface area contributed by atoms with E-state index in [-0.39, 0.29) is 0 Å². The lowest BCUT2D eigenvalue weighted by Gasteiger charge is -2.08. The third kappa shape index (κ3) is 1.86. The van der Waals surface area contributed by atoms with Gasteiger partial charge in [-0.2, -0.15) is 0 Å². The highest BCUT2D eigenvalue weighted by molar-refractivity contribution is 6.32. The second-order valence-corrected chi connectivity index (χ2v) is 3.61. The van der Waals surface area contributed by atoms with Gasteiger partial charge in [0.1, 0.15) is 0 Å². The molecular formula is C10H10ClN3O. The Balaban J connectivity index is 2.55. The molecule has 0 aliphatic rings. The summed E-state index contributed by atoms with van der Waals surface area (Å²) >= 11 is 6.02. The summed E-state index contributed by atoms with van der Waals surface area (Å²) in [5.41, 5.74) is 1.33. The van der Waals surface area contributed by atoms with E-state index >= 15 is 0 Å². The van der Waals surface area contributed by atoms with Crippen molar-refractivity contribution >= 4 is 11.6 Å². The first-order valence-corrected chi connectivity index (χ1v) is 4.91. The molecule has 0 aliphatic heterocycles. The zero-order valence-corrected chi connectivity index (χ0v) is 8.89. The van der Waals surface area contributed by atoms with Crippen LogP contribution in [0, 0.1) is 0 Å². The van der Waals surface area contributed by atoms with E-state index in [0.29, 0.717) is 16.4 Å². The van der Waals surface area contributed by atoms with Crippen molar-refractivity contribution in [2.45, 2.75) is 13.0 Å². The molecule has 0 saturated heterocycles. The minimum Gasteiger partial charge on any atom is -0.387 e. The van der Waals surface area contributed by atoms with Gasteiger partial charge in [-0.25, -0.2) is 4.68 Å². The second-order valence-electron chi connectivity index (χ2n) is 3.20. The number of nitrogens with zero attached hydrogens (tertiary/aromatic N) is 3. The third-order valence-electron chi connectivity index (χ3n) is 2.08. The van der Waals surface area contributed by atoms with Gasteiger partial charge < -0.3 is 5.11 Å². The monoisotopic (exact) mass is 223 g/mol. The molecule has 15 heavy (non-hydrogen) atoms. The molecule has 1 atom stereocenters. The van der Waals surface area contributed by atoms with Crippen LogP contribution in [-0.4, -0.2) is 20.1 Å². The van der Waals surface area contributed by atoms with E-state index in [1.54, 1.807) is 13.0 Å². The van der Waals surface area contributed by atoms with Crippen LogP contribution < -0.4 is 0 Å². The topological polar surface area (TPSA) is 50.9 Å². The van der Waals surface area contributed by atoms with Crippen LogP contribution in [0.25, 0.3) is 5.69 Å². The van der Waals surface area contributed by atoms with Gasteiger partial charge in [-0.15, -0.1) is 5.10 Å². The van der Waals surface area contributed by atoms with Crippen molar-refractivity contribution in [3.05, 3.63) is 41.2 Å². The Morgan fingerprint density at radius 1 is 1.40 bits per heavy atom. The molecule has 1 unspecified atom stereocenters. The SMILES string of the molecule is CC(O)c1cnnn1-c1ccccc1Cl. The first kappa shape index (κ1) is 10.1. The van der Waals surface area contributed by atoms with E-state index in [1.807, 2.05) is 18.2 Å². The molecule has 0 saturated carbocycles. The molecule has 0 amide bonds. The van der Waals surface area contributed by atoms with Gasteiger partial charge in [-0.1, -0.05) is 28.9 Å². The summed E-state index contributed by atoms with van der Waals surface area (Å²) in [4.78, 5) is 0. The van der Waals surface area contributed by atoms with Crippen molar-refractivity contribution in [3.63, 3.8) is 0 Å². The van der Waals surface area contributed by atoms with Gasteiger partial charge in [0, 0.05) is 0 Å². The minimum atomic E-state index is -0.628. The lowest BCUT2D eigenvalue weighted by Crippen LogP contribution is -2.05. The molecule has 2 aromatic rings. The molecule has 1 heterocycles. The Hall–Kier alpha value is -1.39. The number of aliphatic hydroxyl groups is 1. The van der Waals surface area contributed by atoms with Crippen molar-refractivity contribution in [1.82, 2.24) is 15.0 Å². The van der Waals surface area contributed by atoms with Crippen LogP contribution in [0.3, 0.4) is 0 Å². The van der Waals surface area contributed by atoms with Gasteiger partial charge in [0.05, 0.1) is 28.7 Å². The molecule has 4 nitrogen and oxygen atoms in total. The Morgan fingerprint density at radius 2 is 2.13 bits per heavy atom. The second kappa shape index (κ2) is 4.00. The van der Waals surface area contributed by atoms with E-state index in [9.17, 15) is 5.11 Å². The van der Waals surface area contributed by atoms with Gasteiger partial charge in [-0.05, 0) is 19.1 Å². The Labute approximate surface area is 92.1 Å². The van der Waals surface area contributed by atoms with Crippen LogP contribution in [0.15, 0.2) is 30.5 Å². The number of hydrogen-bond acceptors (Lipinski definition) is 3. The van der Waals surface area contributed by atoms with Crippen LogP contribution in [0.2, 0.25) is 5.02 Å². The van der Waals surface area contributed by atoms with Gasteiger partial charge >= 0.3 is 0 Å². The summed E-state index contributed by atoms with van der Waals surface area (Å²) in [6.45, 7) is 1.66. The molecule has 2 rings (SSSR count). The predicted molar refractivity (Wildman–Crippen MR) is 57.0 cm³/mol. The summed E-state index contributed by atoms with van der Waals surface area (Å²) in [5, 5.41) is 17.7. The number of halogens is 1. The van der Waals surface area contributed by atoms with Crippen LogP contribution in [-0.2, 0) is 0 Å². The summed E-state index contributed by atoms with van der Waals surface area (Å²) in [7, 11) is 0. The standard InChI is InChI=1S/C10H10ClN3O/c1-7(15)10-6-12-13-14(10)9-5-3-2-4-8(9)11/h2-7,15H,1H3. The molecule has 0 aliphatic carbocycles. The quantitative estimate of drug-likeness (QED) is 0.847. The number of aromatic nitrogens is 3. The number of aliphatic hydroxyl groups excluding tert-OH is 1. The van der Waals surface area contributed by atoms with Gasteiger partial charge in [0.2, 0.25) is 0 Å². The zero-order chi connectivity index (χ0) is 10.8. The summed E-state index contributed by atoms with van der Waals surface area (Å²) < 4.78 is 1.53. The van der Waals surface area contributed by atoms with E-state index in [4.69, 9.17) is 11.6 Å². The predicted octanol–water partition coefficient (Wildman–Crippen LogP) is 1.97. The number of para-hydroxylation sites is 1. The smallest absolute Gasteiger partial charge is 0.0949 e. The number of hydrogen-bond donors (Lipinski definition) is 1. The molecular weight excluding hydrogens is 214 g/mol. The van der Waals surface area contributed by atoms with E-state index in [0.717, 1.165) is 0 Å². The zero-order valence-electron chi connectivity index (χ0n) is 8.13. The minimum absolute atomic E-state index is 0.574. The lowest BCUT2D eigenvalue weighted by atomic mass is 10.2. The van der Waals surface area contributed by atoms with Gasteiger partial charge in [0.15, 0.2) is 0 Å². The third-order valence-corrected chi connectivity index (χ3v) is 2.40. The molecule has 1 aromatic carbocycles. The fourth-order valence-electron chi connectivity index (χ4n) is 1.34. The molecule has 1 aromatic heterocycles. The Bertz CT molecular complexity index is 467. The first-order valence-electron chi connectivity index (χ1n) is 4.53. The number of benzene rings is 1. The number of rotatable bonds is 2. The van der Waals surface area contributed by atoms with Crippen molar-refractivity contribution < 1.29 is 5.11 Å². The Kier molecular flexibility index (Phi) is 2.70. The average molecular weight is 224 g/mol. The van der Waals surface area contributed by atoms with Gasteiger partial charge in [-0.3, -0.25) is 0 Å². The summed E-state index contributed by atoms with van der Waals surface area (Å²) in [5.74, 6) is 0. The summed E-state index contributed by atoms with van der Waals surface area (Å²) in [6, 6.07) is 7.28. The molecule has 0 bridgehead atoms. The van der Waals surface area contributed by atoms with E-state index < -0.39 is 6.10 Å². The maximum atomic E-state index is 9.50. The first-order chi connectivity index (χ1) is 7.20. The highest BCUT2D eigenvalue weighted by Crippen LogP contribution is 2.22. The largest absolute Gasteiger partial charge is 0.387 e. The summed E-state index contributed by atoms with van der Waals surface area (Å²) in [6.07, 6.45) is 0.893. The van der Waals surface area contributed by atoms with Crippen LogP contribution in [0.4, 0.5) is 0 Å². The van der Waals surface area contributed by atoms with Crippen LogP contribution >= 0.6 is 11.6 Å². The lowest BCUT2D eigenvalue weighted by molar-refractivity contribution is 0.191. The highest BCUT2D eigenvalue weighted by Gasteiger charge is 2.12. The maximum absolute atomic E-state index is 9.50. The van der Waals surface area contributed by atoms with E-state index in [2.05, 4.69) is 10.3 Å². The van der Waals surface area contributed by atoms with Crippen molar-refractivity contribution in [2.24, 2.45) is 0 Å². The van der Waals surface area contributed by atoms with Crippen molar-refractivity contribution in [3.8, 4) is 5.69 Å². The fourth-order valence-corrected chi connectivity index (χ4v) is 1.55. The highest BCUT2D eigenvalue weighted by atomic mass is 35.5. The van der Waals surface area contributed by atoms with E-state index in [1.165, 1.54) is 10.9 Å². The van der Waals surface area contributed by atoms with Gasteiger partial charge in [0.25, 0.3) is 0 Å². The fraction of sp³-hybridized carbons (Fsp3) is 0.200.